The first kappa shape index (κ1) is 15.3. The van der Waals surface area contributed by atoms with E-state index < -0.39 is 12.5 Å². The van der Waals surface area contributed by atoms with Crippen molar-refractivity contribution in [3.8, 4) is 0 Å². The second kappa shape index (κ2) is 6.26. The summed E-state index contributed by atoms with van der Waals surface area (Å²) in [7, 11) is -2.78. The van der Waals surface area contributed by atoms with Gasteiger partial charge >= 0.3 is 0 Å². The molecule has 116 valence electrons. The summed E-state index contributed by atoms with van der Waals surface area (Å²) in [6.07, 6.45) is 10.3. The van der Waals surface area contributed by atoms with Crippen molar-refractivity contribution >= 4 is 12.4 Å². The van der Waals surface area contributed by atoms with E-state index >= 15 is 0 Å². The third kappa shape index (κ3) is 2.73. The first-order valence-corrected chi connectivity index (χ1v) is 10.3. The van der Waals surface area contributed by atoms with Crippen LogP contribution in [0, 0.1) is 0 Å². The first-order valence-electron chi connectivity index (χ1n) is 8.55. The van der Waals surface area contributed by atoms with Crippen molar-refractivity contribution in [2.75, 3.05) is 0 Å². The minimum absolute atomic E-state index is 0.191. The number of benzene rings is 1. The monoisotopic (exact) mass is 306 g/mol. The fraction of sp³-hybridized carbons (Fsp3) is 0.667. The number of hydrogen-bond acceptors (Lipinski definition) is 2. The zero-order valence-electron chi connectivity index (χ0n) is 12.8. The Balaban J connectivity index is 2.03. The van der Waals surface area contributed by atoms with E-state index in [2.05, 4.69) is 0 Å². The lowest BCUT2D eigenvalue weighted by molar-refractivity contribution is 0.0801. The molecule has 1 unspecified atom stereocenters. The molecule has 0 bridgehead atoms. The summed E-state index contributed by atoms with van der Waals surface area (Å²) in [6.45, 7) is 0. The summed E-state index contributed by atoms with van der Waals surface area (Å²) in [5, 5.41) is 11.3. The Morgan fingerprint density at radius 1 is 0.905 bits per heavy atom. The average Bonchev–Trinajstić information content (AvgIpc) is 2.56. The molecule has 2 saturated carbocycles. The van der Waals surface area contributed by atoms with Crippen molar-refractivity contribution in [3.63, 3.8) is 0 Å². The lowest BCUT2D eigenvalue weighted by atomic mass is 9.97. The van der Waals surface area contributed by atoms with E-state index in [0.717, 1.165) is 56.7 Å². The highest BCUT2D eigenvalue weighted by Crippen LogP contribution is 2.66. The molecule has 3 heteroatoms. The van der Waals surface area contributed by atoms with Gasteiger partial charge in [-0.05, 0) is 25.7 Å². The fourth-order valence-electron chi connectivity index (χ4n) is 4.34. The molecule has 0 saturated heterocycles. The first-order chi connectivity index (χ1) is 10.2. The number of aliphatic hydroxyl groups is 1. The molecule has 0 spiro atoms. The fourth-order valence-corrected chi connectivity index (χ4v) is 8.61. The molecule has 2 aliphatic carbocycles. The lowest BCUT2D eigenvalue weighted by Crippen LogP contribution is -2.40. The molecular weight excluding hydrogens is 279 g/mol. The normalized spacial score (nSPS) is 26.1. The maximum Gasteiger partial charge on any atom is 0.148 e. The molecule has 1 aromatic carbocycles. The zero-order chi connectivity index (χ0) is 14.8. The van der Waals surface area contributed by atoms with Crippen molar-refractivity contribution in [2.24, 2.45) is 0 Å². The molecule has 3 rings (SSSR count). The van der Waals surface area contributed by atoms with Gasteiger partial charge in [0, 0.05) is 11.0 Å². The molecular formula is C18H27O2P. The van der Waals surface area contributed by atoms with Crippen LogP contribution in [0.5, 0.6) is 0 Å². The van der Waals surface area contributed by atoms with Gasteiger partial charge in [0.2, 0.25) is 0 Å². The second-order valence-corrected chi connectivity index (χ2v) is 10.2. The summed E-state index contributed by atoms with van der Waals surface area (Å²) >= 11 is 0. The molecule has 2 nitrogen and oxygen atoms in total. The van der Waals surface area contributed by atoms with Gasteiger partial charge in [0.05, 0.1) is 0 Å². The van der Waals surface area contributed by atoms with Gasteiger partial charge in [0.1, 0.15) is 12.5 Å². The minimum atomic E-state index is -2.78. The number of rotatable bonds is 3. The molecule has 2 fully saturated rings. The van der Waals surface area contributed by atoms with Crippen molar-refractivity contribution < 1.29 is 9.67 Å². The van der Waals surface area contributed by atoms with Crippen LogP contribution in [0.1, 0.15) is 64.2 Å². The van der Waals surface area contributed by atoms with E-state index in [-0.39, 0.29) is 5.66 Å². The maximum absolute atomic E-state index is 14.2. The molecule has 2 aliphatic rings. The van der Waals surface area contributed by atoms with Gasteiger partial charge in [-0.15, -0.1) is 0 Å². The van der Waals surface area contributed by atoms with Gasteiger partial charge < -0.3 is 9.67 Å². The van der Waals surface area contributed by atoms with E-state index in [1.165, 1.54) is 12.8 Å². The topological polar surface area (TPSA) is 37.3 Å². The molecule has 1 aromatic rings. The Morgan fingerprint density at radius 3 is 2.10 bits per heavy atom. The van der Waals surface area contributed by atoms with Crippen LogP contribution in [0.4, 0.5) is 0 Å². The maximum atomic E-state index is 14.2. The minimum Gasteiger partial charge on any atom is -0.382 e. The van der Waals surface area contributed by atoms with Crippen LogP contribution < -0.4 is 5.30 Å². The molecule has 1 atom stereocenters. The van der Waals surface area contributed by atoms with E-state index in [0.29, 0.717) is 0 Å². The molecule has 21 heavy (non-hydrogen) atoms. The van der Waals surface area contributed by atoms with Crippen molar-refractivity contribution in [1.29, 1.82) is 0 Å². The van der Waals surface area contributed by atoms with Crippen molar-refractivity contribution in [1.82, 2.24) is 0 Å². The van der Waals surface area contributed by atoms with Crippen LogP contribution in [0.25, 0.3) is 0 Å². The van der Waals surface area contributed by atoms with Crippen LogP contribution in [0.2, 0.25) is 0 Å². The van der Waals surface area contributed by atoms with Gasteiger partial charge in [-0.25, -0.2) is 0 Å². The predicted molar refractivity (Wildman–Crippen MR) is 88.6 cm³/mol. The zero-order valence-corrected chi connectivity index (χ0v) is 13.7. The van der Waals surface area contributed by atoms with Gasteiger partial charge in [-0.1, -0.05) is 68.9 Å². The largest absolute Gasteiger partial charge is 0.382 e. The van der Waals surface area contributed by atoms with Crippen LogP contribution in [0.3, 0.4) is 0 Å². The van der Waals surface area contributed by atoms with E-state index in [1.807, 2.05) is 30.3 Å². The van der Waals surface area contributed by atoms with E-state index in [4.69, 9.17) is 0 Å². The quantitative estimate of drug-likeness (QED) is 0.825. The van der Waals surface area contributed by atoms with E-state index in [1.54, 1.807) is 0 Å². The third-order valence-electron chi connectivity index (χ3n) is 5.50. The standard InChI is InChI=1S/C18H27O2P/c19-18(14-8-3-9-15-18)21(20,16-10-4-1-5-11-16)17-12-6-2-7-13-17/h1,4-5,10-11,17,19H,2-3,6-9,12-15H2. The lowest BCUT2D eigenvalue weighted by Gasteiger charge is -2.44. The molecule has 0 heterocycles. The summed E-state index contributed by atoms with van der Waals surface area (Å²) < 4.78 is 14.2. The second-order valence-electron chi connectivity index (χ2n) is 6.83. The molecule has 0 amide bonds. The van der Waals surface area contributed by atoms with Crippen molar-refractivity contribution in [3.05, 3.63) is 30.3 Å². The molecule has 0 radical (unpaired) electrons. The number of hydrogen-bond donors (Lipinski definition) is 1. The van der Waals surface area contributed by atoms with Crippen molar-refractivity contribution in [2.45, 2.75) is 75.2 Å². The summed E-state index contributed by atoms with van der Waals surface area (Å²) in [5.41, 5.74) is 0.191. The SMILES string of the molecule is O=P(c1ccccc1)(C1CCCCC1)C1(O)CCCCC1. The summed E-state index contributed by atoms with van der Waals surface area (Å²) in [6, 6.07) is 9.89. The van der Waals surface area contributed by atoms with Crippen LogP contribution in [-0.4, -0.2) is 16.1 Å². The van der Waals surface area contributed by atoms with Gasteiger partial charge in [0.15, 0.2) is 0 Å². The Bertz CT molecular complexity index is 499. The van der Waals surface area contributed by atoms with Crippen LogP contribution in [0.15, 0.2) is 30.3 Å². The molecule has 0 aliphatic heterocycles. The van der Waals surface area contributed by atoms with Gasteiger partial charge in [-0.2, -0.15) is 0 Å². The summed E-state index contributed by atoms with van der Waals surface area (Å²) in [5.74, 6) is 0. The Morgan fingerprint density at radius 2 is 1.48 bits per heavy atom. The van der Waals surface area contributed by atoms with Gasteiger partial charge in [0.25, 0.3) is 0 Å². The Labute approximate surface area is 128 Å². The van der Waals surface area contributed by atoms with Crippen LogP contribution in [-0.2, 0) is 4.57 Å². The average molecular weight is 306 g/mol. The Hall–Kier alpha value is -0.590. The third-order valence-corrected chi connectivity index (χ3v) is 9.80. The Kier molecular flexibility index (Phi) is 4.57. The highest BCUT2D eigenvalue weighted by atomic mass is 31.2. The predicted octanol–water partition coefficient (Wildman–Crippen LogP) is 4.66. The smallest absolute Gasteiger partial charge is 0.148 e. The molecule has 0 aromatic heterocycles. The van der Waals surface area contributed by atoms with Gasteiger partial charge in [-0.3, -0.25) is 0 Å². The molecule has 1 N–H and O–H groups in total. The highest BCUT2D eigenvalue weighted by Gasteiger charge is 2.52. The van der Waals surface area contributed by atoms with Crippen LogP contribution >= 0.6 is 7.14 Å². The summed E-state index contributed by atoms with van der Waals surface area (Å²) in [4.78, 5) is 0. The highest BCUT2D eigenvalue weighted by molar-refractivity contribution is 7.73. The van der Waals surface area contributed by atoms with E-state index in [9.17, 15) is 9.67 Å².